The molecule has 0 saturated carbocycles. The molecule has 0 aliphatic carbocycles. The van der Waals surface area contributed by atoms with Crippen molar-refractivity contribution in [3.63, 3.8) is 0 Å². The molecular formula is C15H19NO3. The van der Waals surface area contributed by atoms with Gasteiger partial charge in [-0.15, -0.1) is 0 Å². The molecule has 2 aliphatic heterocycles. The summed E-state index contributed by atoms with van der Waals surface area (Å²) in [6.07, 6.45) is 4.21. The molecule has 4 nitrogen and oxygen atoms in total. The summed E-state index contributed by atoms with van der Waals surface area (Å²) in [5, 5.41) is 9.66. The summed E-state index contributed by atoms with van der Waals surface area (Å²) in [6, 6.07) is 7.62. The molecule has 2 fully saturated rings. The van der Waals surface area contributed by atoms with E-state index in [9.17, 15) is 9.90 Å². The zero-order valence-corrected chi connectivity index (χ0v) is 11.1. The van der Waals surface area contributed by atoms with Crippen molar-refractivity contribution in [3.8, 4) is 5.75 Å². The van der Waals surface area contributed by atoms with E-state index in [1.807, 2.05) is 0 Å². The second-order valence-corrected chi connectivity index (χ2v) is 5.57. The predicted octanol–water partition coefficient (Wildman–Crippen LogP) is 2.17. The van der Waals surface area contributed by atoms with Crippen molar-refractivity contribution in [1.82, 2.24) is 4.90 Å². The van der Waals surface area contributed by atoms with Crippen LogP contribution in [-0.4, -0.2) is 41.2 Å². The number of rotatable bonds is 2. The van der Waals surface area contributed by atoms with Crippen LogP contribution in [0.2, 0.25) is 0 Å². The highest BCUT2D eigenvalue weighted by Crippen LogP contribution is 2.35. The fraction of sp³-hybridized carbons (Fsp3) is 0.533. The molecule has 2 heterocycles. The third-order valence-electron chi connectivity index (χ3n) is 4.45. The van der Waals surface area contributed by atoms with Crippen LogP contribution in [0.15, 0.2) is 24.3 Å². The number of phenolic OH excluding ortho intramolecular Hbond substituents is 1. The number of fused-ring (bicyclic) bond motifs is 2. The van der Waals surface area contributed by atoms with Crippen LogP contribution in [0, 0.1) is 0 Å². The molecule has 1 aromatic carbocycles. The van der Waals surface area contributed by atoms with Crippen LogP contribution in [0.1, 0.15) is 36.0 Å². The number of hydrogen-bond acceptors (Lipinski definition) is 4. The highest BCUT2D eigenvalue weighted by molar-refractivity contribution is 5.92. The van der Waals surface area contributed by atoms with E-state index < -0.39 is 5.97 Å². The highest BCUT2D eigenvalue weighted by Gasteiger charge is 2.40. The third kappa shape index (κ3) is 2.32. The van der Waals surface area contributed by atoms with Gasteiger partial charge in [-0.3, -0.25) is 0 Å². The summed E-state index contributed by atoms with van der Waals surface area (Å²) in [5.74, 6) is -0.421. The molecule has 0 radical (unpaired) electrons. The highest BCUT2D eigenvalue weighted by atomic mass is 16.5. The van der Waals surface area contributed by atoms with Gasteiger partial charge in [0.25, 0.3) is 0 Å². The lowest BCUT2D eigenvalue weighted by Gasteiger charge is -2.35. The molecule has 3 rings (SSSR count). The molecular weight excluding hydrogens is 242 g/mol. The van der Waals surface area contributed by atoms with Gasteiger partial charge in [0, 0.05) is 24.9 Å². The van der Waals surface area contributed by atoms with E-state index in [4.69, 9.17) is 4.74 Å². The molecule has 1 aromatic rings. The largest absolute Gasteiger partial charge is 0.507 e. The predicted molar refractivity (Wildman–Crippen MR) is 71.1 cm³/mol. The number of carbonyl (C=O) groups is 1. The number of nitrogens with zero attached hydrogens (tertiary/aromatic N) is 1. The standard InChI is InChI=1S/C15H19NO3/c1-16-10-6-7-11(16)9-12(8-10)19-15(18)13-4-2-3-5-14(13)17/h2-5,10-12,17H,6-9H2,1H3/t10-,11-/m1/s1. The van der Waals surface area contributed by atoms with Crippen molar-refractivity contribution in [2.75, 3.05) is 7.05 Å². The SMILES string of the molecule is CN1[C@@H]2CC[C@@H]1CC(OC(=O)c1ccccc1O)C2. The van der Waals surface area contributed by atoms with E-state index >= 15 is 0 Å². The van der Waals surface area contributed by atoms with E-state index in [0.717, 1.165) is 12.8 Å². The van der Waals surface area contributed by atoms with Crippen molar-refractivity contribution < 1.29 is 14.6 Å². The third-order valence-corrected chi connectivity index (χ3v) is 4.45. The smallest absolute Gasteiger partial charge is 0.342 e. The van der Waals surface area contributed by atoms with E-state index in [2.05, 4.69) is 11.9 Å². The Hall–Kier alpha value is -1.55. The molecule has 0 aromatic heterocycles. The van der Waals surface area contributed by atoms with Crippen molar-refractivity contribution in [3.05, 3.63) is 29.8 Å². The first kappa shape index (κ1) is 12.5. The maximum Gasteiger partial charge on any atom is 0.342 e. The van der Waals surface area contributed by atoms with Crippen molar-refractivity contribution >= 4 is 5.97 Å². The molecule has 0 unspecified atom stereocenters. The Labute approximate surface area is 113 Å². The zero-order valence-electron chi connectivity index (χ0n) is 11.1. The first-order valence-corrected chi connectivity index (χ1v) is 6.86. The van der Waals surface area contributed by atoms with Gasteiger partial charge in [-0.25, -0.2) is 4.79 Å². The van der Waals surface area contributed by atoms with Gasteiger partial charge in [-0.1, -0.05) is 12.1 Å². The summed E-state index contributed by atoms with van der Waals surface area (Å²) >= 11 is 0. The maximum absolute atomic E-state index is 12.1. The Morgan fingerprint density at radius 2 is 1.89 bits per heavy atom. The van der Waals surface area contributed by atoms with Crippen molar-refractivity contribution in [1.29, 1.82) is 0 Å². The van der Waals surface area contributed by atoms with Crippen LogP contribution in [-0.2, 0) is 4.74 Å². The van der Waals surface area contributed by atoms with E-state index in [0.29, 0.717) is 12.1 Å². The number of aromatic hydroxyl groups is 1. The van der Waals surface area contributed by atoms with E-state index in [1.165, 1.54) is 18.9 Å². The van der Waals surface area contributed by atoms with Gasteiger partial charge >= 0.3 is 5.97 Å². The number of para-hydroxylation sites is 1. The van der Waals surface area contributed by atoms with Crippen LogP contribution in [0.25, 0.3) is 0 Å². The summed E-state index contributed by atoms with van der Waals surface area (Å²) in [7, 11) is 2.16. The fourth-order valence-electron chi connectivity index (χ4n) is 3.32. The molecule has 19 heavy (non-hydrogen) atoms. The Kier molecular flexibility index (Phi) is 3.19. The van der Waals surface area contributed by atoms with Gasteiger partial charge in [0.15, 0.2) is 0 Å². The minimum Gasteiger partial charge on any atom is -0.507 e. The number of benzene rings is 1. The second-order valence-electron chi connectivity index (χ2n) is 5.57. The fourth-order valence-corrected chi connectivity index (χ4v) is 3.32. The lowest BCUT2D eigenvalue weighted by atomic mass is 10.0. The summed E-state index contributed by atoms with van der Waals surface area (Å²) in [5.41, 5.74) is 0.258. The quantitative estimate of drug-likeness (QED) is 0.829. The second kappa shape index (κ2) is 4.85. The van der Waals surface area contributed by atoms with E-state index in [-0.39, 0.29) is 17.4 Å². The maximum atomic E-state index is 12.1. The Morgan fingerprint density at radius 3 is 2.53 bits per heavy atom. The van der Waals surface area contributed by atoms with Gasteiger partial charge < -0.3 is 14.7 Å². The van der Waals surface area contributed by atoms with Crippen LogP contribution < -0.4 is 0 Å². The number of carbonyl (C=O) groups excluding carboxylic acids is 1. The van der Waals surface area contributed by atoms with Gasteiger partial charge in [0.1, 0.15) is 17.4 Å². The molecule has 2 atom stereocenters. The number of esters is 1. The molecule has 4 heteroatoms. The minimum atomic E-state index is -0.410. The normalized spacial score (nSPS) is 30.3. The Morgan fingerprint density at radius 1 is 1.26 bits per heavy atom. The molecule has 2 aliphatic rings. The van der Waals surface area contributed by atoms with Crippen LogP contribution in [0.4, 0.5) is 0 Å². The number of piperidine rings is 1. The van der Waals surface area contributed by atoms with Crippen molar-refractivity contribution in [2.45, 2.75) is 43.9 Å². The van der Waals surface area contributed by atoms with Crippen LogP contribution >= 0.6 is 0 Å². The monoisotopic (exact) mass is 261 g/mol. The molecule has 102 valence electrons. The van der Waals surface area contributed by atoms with Crippen LogP contribution in [0.5, 0.6) is 5.75 Å². The first-order valence-electron chi connectivity index (χ1n) is 6.86. The Balaban J connectivity index is 1.67. The molecule has 0 spiro atoms. The average Bonchev–Trinajstić information content (AvgIpc) is 2.63. The summed E-state index contributed by atoms with van der Waals surface area (Å²) in [4.78, 5) is 14.5. The minimum absolute atomic E-state index is 0.0107. The summed E-state index contributed by atoms with van der Waals surface area (Å²) in [6.45, 7) is 0. The van der Waals surface area contributed by atoms with Crippen LogP contribution in [0.3, 0.4) is 0 Å². The zero-order chi connectivity index (χ0) is 13.4. The lowest BCUT2D eigenvalue weighted by molar-refractivity contribution is -0.000663. The number of hydrogen-bond donors (Lipinski definition) is 1. The topological polar surface area (TPSA) is 49.8 Å². The average molecular weight is 261 g/mol. The lowest BCUT2D eigenvalue weighted by Crippen LogP contribution is -2.43. The van der Waals surface area contributed by atoms with Gasteiger partial charge in [-0.2, -0.15) is 0 Å². The van der Waals surface area contributed by atoms with Gasteiger partial charge in [0.2, 0.25) is 0 Å². The Bertz CT molecular complexity index is 474. The van der Waals surface area contributed by atoms with Crippen molar-refractivity contribution in [2.24, 2.45) is 0 Å². The summed E-state index contributed by atoms with van der Waals surface area (Å²) < 4.78 is 5.56. The first-order chi connectivity index (χ1) is 9.15. The molecule has 0 amide bonds. The molecule has 1 N–H and O–H groups in total. The number of phenols is 1. The van der Waals surface area contributed by atoms with Gasteiger partial charge in [0.05, 0.1) is 0 Å². The molecule has 2 bridgehead atoms. The van der Waals surface area contributed by atoms with Gasteiger partial charge in [-0.05, 0) is 32.0 Å². The number of ether oxygens (including phenoxy) is 1. The van der Waals surface area contributed by atoms with E-state index in [1.54, 1.807) is 18.2 Å². The molecule has 2 saturated heterocycles.